The van der Waals surface area contributed by atoms with Gasteiger partial charge in [-0.05, 0) is 31.2 Å². The van der Waals surface area contributed by atoms with Gasteiger partial charge in [0.05, 0.1) is 18.0 Å². The van der Waals surface area contributed by atoms with Gasteiger partial charge in [0, 0.05) is 29.6 Å². The monoisotopic (exact) mass is 286 g/mol. The number of halogens is 1. The molecule has 5 heteroatoms. The molecule has 0 bridgehead atoms. The van der Waals surface area contributed by atoms with E-state index in [2.05, 4.69) is 9.97 Å². The average Bonchev–Trinajstić information content (AvgIpc) is 2.54. The number of hydrogen-bond donors (Lipinski definition) is 0. The molecule has 0 atom stereocenters. The number of alkyl halides is 1. The Hall–Kier alpha value is -2.56. The maximum absolute atomic E-state index is 12.8. The second-order valence-corrected chi connectivity index (χ2v) is 4.20. The zero-order valence-corrected chi connectivity index (χ0v) is 11.6. The molecule has 0 unspecified atom stereocenters. The number of nitrogens with zero attached hydrogens (tertiary/aromatic N) is 2. The zero-order chi connectivity index (χ0) is 15.1. The van der Waals surface area contributed by atoms with Gasteiger partial charge in [0.25, 0.3) is 0 Å². The molecule has 0 aliphatic carbocycles. The SMILES string of the molecule is CCOC(=O)/C=C/c1ccc(CF)nc1-c1cccnc1. The molecular weight excluding hydrogens is 271 g/mol. The summed E-state index contributed by atoms with van der Waals surface area (Å²) in [5.74, 6) is -0.427. The van der Waals surface area contributed by atoms with E-state index >= 15 is 0 Å². The molecule has 0 saturated heterocycles. The number of hydrogen-bond acceptors (Lipinski definition) is 4. The number of carbonyl (C=O) groups is 1. The van der Waals surface area contributed by atoms with Crippen molar-refractivity contribution in [2.75, 3.05) is 6.61 Å². The van der Waals surface area contributed by atoms with Crippen LogP contribution in [0.2, 0.25) is 0 Å². The third-order valence-electron chi connectivity index (χ3n) is 2.74. The summed E-state index contributed by atoms with van der Waals surface area (Å²) in [6, 6.07) is 6.92. The molecule has 0 radical (unpaired) electrons. The van der Waals surface area contributed by atoms with Gasteiger partial charge in [-0.2, -0.15) is 0 Å². The lowest BCUT2D eigenvalue weighted by molar-refractivity contribution is -0.137. The second-order valence-electron chi connectivity index (χ2n) is 4.20. The summed E-state index contributed by atoms with van der Waals surface area (Å²) in [6.45, 7) is 1.41. The molecule has 108 valence electrons. The predicted octanol–water partition coefficient (Wildman–Crippen LogP) is 3.19. The van der Waals surface area contributed by atoms with E-state index in [1.165, 1.54) is 6.08 Å². The van der Waals surface area contributed by atoms with Crippen molar-refractivity contribution in [1.82, 2.24) is 9.97 Å². The fourth-order valence-electron chi connectivity index (χ4n) is 1.80. The van der Waals surface area contributed by atoms with Gasteiger partial charge < -0.3 is 4.74 Å². The van der Waals surface area contributed by atoms with E-state index in [1.807, 2.05) is 6.07 Å². The third kappa shape index (κ3) is 3.95. The number of carbonyl (C=O) groups excluding carboxylic acids is 1. The maximum Gasteiger partial charge on any atom is 0.330 e. The van der Waals surface area contributed by atoms with Crippen LogP contribution in [-0.2, 0) is 16.2 Å². The summed E-state index contributed by atoms with van der Waals surface area (Å²) in [6.07, 6.45) is 6.23. The molecule has 2 rings (SSSR count). The number of aromatic nitrogens is 2. The van der Waals surface area contributed by atoms with Gasteiger partial charge in [0.1, 0.15) is 6.67 Å². The Labute approximate surface area is 122 Å². The van der Waals surface area contributed by atoms with Crippen molar-refractivity contribution in [1.29, 1.82) is 0 Å². The highest BCUT2D eigenvalue weighted by atomic mass is 19.1. The Morgan fingerprint density at radius 2 is 2.24 bits per heavy atom. The van der Waals surface area contributed by atoms with Gasteiger partial charge in [-0.1, -0.05) is 6.07 Å². The summed E-state index contributed by atoms with van der Waals surface area (Å²) >= 11 is 0. The number of pyridine rings is 2. The first-order chi connectivity index (χ1) is 10.2. The van der Waals surface area contributed by atoms with E-state index in [0.29, 0.717) is 23.6 Å². The number of rotatable bonds is 5. The molecule has 0 aliphatic rings. The molecule has 2 aromatic heterocycles. The molecule has 0 aromatic carbocycles. The normalized spacial score (nSPS) is 10.8. The Kier molecular flexibility index (Phi) is 5.15. The molecule has 0 fully saturated rings. The van der Waals surface area contributed by atoms with Gasteiger partial charge in [-0.15, -0.1) is 0 Å². The average molecular weight is 286 g/mol. The first-order valence-electron chi connectivity index (χ1n) is 6.55. The highest BCUT2D eigenvalue weighted by Crippen LogP contribution is 2.22. The maximum atomic E-state index is 12.8. The predicted molar refractivity (Wildman–Crippen MR) is 77.9 cm³/mol. The fraction of sp³-hybridized carbons (Fsp3) is 0.188. The number of esters is 1. The highest BCUT2D eigenvalue weighted by molar-refractivity contribution is 5.88. The van der Waals surface area contributed by atoms with Crippen LogP contribution in [0.25, 0.3) is 17.3 Å². The van der Waals surface area contributed by atoms with Crippen LogP contribution in [0.15, 0.2) is 42.7 Å². The van der Waals surface area contributed by atoms with E-state index in [9.17, 15) is 9.18 Å². The molecule has 0 aliphatic heterocycles. The quantitative estimate of drug-likeness (QED) is 0.625. The van der Waals surface area contributed by atoms with E-state index in [0.717, 1.165) is 5.56 Å². The van der Waals surface area contributed by atoms with E-state index in [4.69, 9.17) is 4.74 Å². The summed E-state index contributed by atoms with van der Waals surface area (Å²) < 4.78 is 17.6. The van der Waals surface area contributed by atoms with Crippen LogP contribution in [0.3, 0.4) is 0 Å². The third-order valence-corrected chi connectivity index (χ3v) is 2.74. The Balaban J connectivity index is 2.39. The van der Waals surface area contributed by atoms with Crippen LogP contribution in [0.5, 0.6) is 0 Å². The smallest absolute Gasteiger partial charge is 0.330 e. The second kappa shape index (κ2) is 7.28. The van der Waals surface area contributed by atoms with Crippen LogP contribution >= 0.6 is 0 Å². The zero-order valence-electron chi connectivity index (χ0n) is 11.6. The minimum atomic E-state index is -0.644. The van der Waals surface area contributed by atoms with Crippen molar-refractivity contribution in [3.8, 4) is 11.3 Å². The highest BCUT2D eigenvalue weighted by Gasteiger charge is 2.07. The minimum absolute atomic E-state index is 0.317. The first kappa shape index (κ1) is 14.8. The number of ether oxygens (including phenoxy) is 1. The van der Waals surface area contributed by atoms with Crippen LogP contribution < -0.4 is 0 Å². The van der Waals surface area contributed by atoms with Gasteiger partial charge in [0.15, 0.2) is 0 Å². The van der Waals surface area contributed by atoms with Crippen LogP contribution in [0, 0.1) is 0 Å². The van der Waals surface area contributed by atoms with Crippen molar-refractivity contribution in [2.45, 2.75) is 13.6 Å². The molecule has 0 amide bonds. The molecule has 0 N–H and O–H groups in total. The molecule has 2 aromatic rings. The summed E-state index contributed by atoms with van der Waals surface area (Å²) in [7, 11) is 0. The molecular formula is C16H15FN2O2. The summed E-state index contributed by atoms with van der Waals surface area (Å²) in [4.78, 5) is 19.7. The van der Waals surface area contributed by atoms with Gasteiger partial charge >= 0.3 is 5.97 Å². The van der Waals surface area contributed by atoms with Crippen molar-refractivity contribution in [2.24, 2.45) is 0 Å². The van der Waals surface area contributed by atoms with Crippen molar-refractivity contribution in [3.05, 3.63) is 54.0 Å². The van der Waals surface area contributed by atoms with E-state index in [-0.39, 0.29) is 0 Å². The van der Waals surface area contributed by atoms with E-state index in [1.54, 1.807) is 43.6 Å². The molecule has 0 saturated carbocycles. The van der Waals surface area contributed by atoms with Crippen LogP contribution in [0.1, 0.15) is 18.2 Å². The molecule has 21 heavy (non-hydrogen) atoms. The molecule has 2 heterocycles. The Bertz CT molecular complexity index is 642. The van der Waals surface area contributed by atoms with Crippen molar-refractivity contribution >= 4 is 12.0 Å². The topological polar surface area (TPSA) is 52.1 Å². The van der Waals surface area contributed by atoms with E-state index < -0.39 is 12.6 Å². The lowest BCUT2D eigenvalue weighted by atomic mass is 10.1. The fourth-order valence-corrected chi connectivity index (χ4v) is 1.80. The molecule has 0 spiro atoms. The van der Waals surface area contributed by atoms with Crippen molar-refractivity contribution < 1.29 is 13.9 Å². The van der Waals surface area contributed by atoms with Gasteiger partial charge in [-0.3, -0.25) is 4.98 Å². The Morgan fingerprint density at radius 3 is 2.90 bits per heavy atom. The lowest BCUT2D eigenvalue weighted by Gasteiger charge is -2.07. The van der Waals surface area contributed by atoms with Crippen LogP contribution in [-0.4, -0.2) is 22.5 Å². The van der Waals surface area contributed by atoms with Crippen LogP contribution in [0.4, 0.5) is 4.39 Å². The van der Waals surface area contributed by atoms with Gasteiger partial charge in [0.2, 0.25) is 0 Å². The summed E-state index contributed by atoms with van der Waals surface area (Å²) in [5, 5.41) is 0. The van der Waals surface area contributed by atoms with Crippen molar-refractivity contribution in [3.63, 3.8) is 0 Å². The molecule has 4 nitrogen and oxygen atoms in total. The first-order valence-corrected chi connectivity index (χ1v) is 6.55. The Morgan fingerprint density at radius 1 is 1.38 bits per heavy atom. The largest absolute Gasteiger partial charge is 0.463 e. The van der Waals surface area contributed by atoms with Gasteiger partial charge in [-0.25, -0.2) is 14.2 Å². The lowest BCUT2D eigenvalue weighted by Crippen LogP contribution is -1.99. The summed E-state index contributed by atoms with van der Waals surface area (Å²) in [5.41, 5.74) is 2.38. The minimum Gasteiger partial charge on any atom is -0.463 e. The standard InChI is InChI=1S/C16H15FN2O2/c1-2-21-15(20)8-6-12-5-7-14(10-17)19-16(12)13-4-3-9-18-11-13/h3-9,11H,2,10H2,1H3/b8-6+.